The number of hydrogen-bond acceptors (Lipinski definition) is 4. The molecule has 0 saturated carbocycles. The molecule has 0 aliphatic heterocycles. The summed E-state index contributed by atoms with van der Waals surface area (Å²) in [5.74, 6) is -0.314. The number of hydrogen-bond donors (Lipinski definition) is 0. The van der Waals surface area contributed by atoms with Crippen LogP contribution in [0, 0.1) is 6.92 Å². The van der Waals surface area contributed by atoms with Gasteiger partial charge >= 0.3 is 5.97 Å². The number of ether oxygens (including phenoxy) is 1. The molecule has 3 aromatic rings. The molecule has 0 aliphatic carbocycles. The van der Waals surface area contributed by atoms with Crippen molar-refractivity contribution in [2.45, 2.75) is 20.3 Å². The molecule has 3 rings (SSSR count). The van der Waals surface area contributed by atoms with Gasteiger partial charge in [-0.15, -0.1) is 0 Å². The van der Waals surface area contributed by atoms with Gasteiger partial charge in [0.1, 0.15) is 5.15 Å². The molecule has 23 heavy (non-hydrogen) atoms. The third-order valence-electron chi connectivity index (χ3n) is 3.50. The van der Waals surface area contributed by atoms with E-state index < -0.39 is 0 Å². The summed E-state index contributed by atoms with van der Waals surface area (Å²) in [7, 11) is 0. The van der Waals surface area contributed by atoms with Crippen LogP contribution in [0.4, 0.5) is 0 Å². The Kier molecular flexibility index (Phi) is 4.30. The molecule has 0 atom stereocenters. The Labute approximate surface area is 138 Å². The Morgan fingerprint density at radius 2 is 2.04 bits per heavy atom. The number of carbonyl (C=O) groups excluding carboxylic acids is 1. The van der Waals surface area contributed by atoms with Crippen LogP contribution in [0.3, 0.4) is 0 Å². The first kappa shape index (κ1) is 15.5. The number of esters is 1. The Bertz CT molecular complexity index is 859. The van der Waals surface area contributed by atoms with Crippen LogP contribution < -0.4 is 0 Å². The lowest BCUT2D eigenvalue weighted by Gasteiger charge is -2.05. The number of halogens is 1. The van der Waals surface area contributed by atoms with Crippen LogP contribution in [0.1, 0.15) is 18.2 Å². The zero-order valence-electron chi connectivity index (χ0n) is 12.9. The maximum absolute atomic E-state index is 12.0. The Morgan fingerprint density at radius 3 is 2.74 bits per heavy atom. The lowest BCUT2D eigenvalue weighted by atomic mass is 10.1. The Morgan fingerprint density at radius 1 is 1.30 bits per heavy atom. The molecular weight excluding hydrogens is 314 g/mol. The minimum absolute atomic E-state index is 0.0893. The lowest BCUT2D eigenvalue weighted by molar-refractivity contribution is -0.142. The van der Waals surface area contributed by atoms with Crippen molar-refractivity contribution < 1.29 is 9.53 Å². The fourth-order valence-corrected chi connectivity index (χ4v) is 2.75. The van der Waals surface area contributed by atoms with Crippen molar-refractivity contribution in [2.75, 3.05) is 6.61 Å². The molecule has 0 radical (unpaired) electrons. The van der Waals surface area contributed by atoms with E-state index in [-0.39, 0.29) is 12.4 Å². The van der Waals surface area contributed by atoms with Crippen LogP contribution in [-0.4, -0.2) is 27.2 Å². The first-order valence-electron chi connectivity index (χ1n) is 7.36. The molecule has 0 amide bonds. The van der Waals surface area contributed by atoms with Gasteiger partial charge in [-0.05, 0) is 25.5 Å². The topological polar surface area (TPSA) is 56.5 Å². The summed E-state index contributed by atoms with van der Waals surface area (Å²) >= 11 is 6.07. The molecular formula is C17H16ClN3O2. The predicted molar refractivity (Wildman–Crippen MR) is 88.5 cm³/mol. The van der Waals surface area contributed by atoms with Gasteiger partial charge in [0.2, 0.25) is 0 Å². The van der Waals surface area contributed by atoms with Crippen LogP contribution in [0.2, 0.25) is 5.15 Å². The van der Waals surface area contributed by atoms with Gasteiger partial charge in [0.05, 0.1) is 24.4 Å². The van der Waals surface area contributed by atoms with Crippen molar-refractivity contribution in [3.05, 3.63) is 52.8 Å². The molecule has 0 saturated heterocycles. The standard InChI is InChI=1S/C17H16ClN3O2/c1-3-23-15(22)10-13-16(12-7-5-4-6-8-12)19-17-11(2)9-14(18)20-21(13)17/h4-9H,3,10H2,1-2H3. The van der Waals surface area contributed by atoms with Crippen LogP contribution in [-0.2, 0) is 16.0 Å². The van der Waals surface area contributed by atoms with Gasteiger partial charge in [0.25, 0.3) is 0 Å². The highest BCUT2D eigenvalue weighted by molar-refractivity contribution is 6.29. The normalized spacial score (nSPS) is 10.9. The number of carbonyl (C=O) groups is 1. The van der Waals surface area contributed by atoms with Gasteiger partial charge in [-0.2, -0.15) is 5.10 Å². The third-order valence-corrected chi connectivity index (χ3v) is 3.68. The van der Waals surface area contributed by atoms with E-state index in [9.17, 15) is 4.79 Å². The van der Waals surface area contributed by atoms with E-state index >= 15 is 0 Å². The van der Waals surface area contributed by atoms with E-state index in [0.29, 0.717) is 23.1 Å². The van der Waals surface area contributed by atoms with Crippen LogP contribution in [0.5, 0.6) is 0 Å². The smallest absolute Gasteiger partial charge is 0.311 e. The van der Waals surface area contributed by atoms with Gasteiger partial charge in [-0.1, -0.05) is 41.9 Å². The van der Waals surface area contributed by atoms with Crippen molar-refractivity contribution >= 4 is 23.2 Å². The van der Waals surface area contributed by atoms with Crippen molar-refractivity contribution in [3.8, 4) is 11.3 Å². The quantitative estimate of drug-likeness (QED) is 0.688. The molecule has 0 N–H and O–H groups in total. The van der Waals surface area contributed by atoms with E-state index in [1.807, 2.05) is 37.3 Å². The fraction of sp³-hybridized carbons (Fsp3) is 0.235. The van der Waals surface area contributed by atoms with Crippen LogP contribution in [0.25, 0.3) is 16.9 Å². The lowest BCUT2D eigenvalue weighted by Crippen LogP contribution is -2.11. The van der Waals surface area contributed by atoms with E-state index in [1.54, 1.807) is 17.5 Å². The molecule has 0 aliphatic rings. The maximum Gasteiger partial charge on any atom is 0.311 e. The second-order valence-corrected chi connectivity index (χ2v) is 5.53. The number of aromatic nitrogens is 3. The molecule has 2 heterocycles. The van der Waals surface area contributed by atoms with Gasteiger partial charge in [-0.3, -0.25) is 4.79 Å². The number of benzene rings is 1. The van der Waals surface area contributed by atoms with E-state index in [1.165, 1.54) is 0 Å². The molecule has 5 nitrogen and oxygen atoms in total. The summed E-state index contributed by atoms with van der Waals surface area (Å²) in [6.45, 7) is 4.03. The van der Waals surface area contributed by atoms with Crippen molar-refractivity contribution in [3.63, 3.8) is 0 Å². The van der Waals surface area contributed by atoms with E-state index in [0.717, 1.165) is 16.8 Å². The number of fused-ring (bicyclic) bond motifs is 1. The zero-order chi connectivity index (χ0) is 16.4. The SMILES string of the molecule is CCOC(=O)Cc1c(-c2ccccc2)nc2c(C)cc(Cl)nn12. The second-order valence-electron chi connectivity index (χ2n) is 5.14. The summed E-state index contributed by atoms with van der Waals surface area (Å²) in [4.78, 5) is 16.7. The number of nitrogens with zero attached hydrogens (tertiary/aromatic N) is 3. The minimum Gasteiger partial charge on any atom is -0.466 e. The van der Waals surface area contributed by atoms with Crippen molar-refractivity contribution in [1.82, 2.24) is 14.6 Å². The number of imidazole rings is 1. The molecule has 2 aromatic heterocycles. The van der Waals surface area contributed by atoms with E-state index in [4.69, 9.17) is 16.3 Å². The molecule has 0 bridgehead atoms. The van der Waals surface area contributed by atoms with Crippen molar-refractivity contribution in [1.29, 1.82) is 0 Å². The average molecular weight is 330 g/mol. The Hall–Kier alpha value is -2.40. The third kappa shape index (κ3) is 3.05. The van der Waals surface area contributed by atoms with Crippen LogP contribution in [0.15, 0.2) is 36.4 Å². The Balaban J connectivity index is 2.21. The first-order chi connectivity index (χ1) is 11.1. The number of aryl methyl sites for hydroxylation is 1. The van der Waals surface area contributed by atoms with Gasteiger partial charge in [0.15, 0.2) is 5.65 Å². The van der Waals surface area contributed by atoms with Gasteiger partial charge in [-0.25, -0.2) is 9.50 Å². The summed E-state index contributed by atoms with van der Waals surface area (Å²) in [5.41, 5.74) is 3.91. The minimum atomic E-state index is -0.314. The highest BCUT2D eigenvalue weighted by Crippen LogP contribution is 2.26. The molecule has 1 aromatic carbocycles. The summed E-state index contributed by atoms with van der Waals surface area (Å²) in [6.07, 6.45) is 0.0893. The second kappa shape index (κ2) is 6.38. The maximum atomic E-state index is 12.0. The van der Waals surface area contributed by atoms with E-state index in [2.05, 4.69) is 10.1 Å². The molecule has 0 fully saturated rings. The predicted octanol–water partition coefficient (Wildman–Crippen LogP) is 3.46. The van der Waals surface area contributed by atoms with Crippen LogP contribution >= 0.6 is 11.6 Å². The largest absolute Gasteiger partial charge is 0.466 e. The first-order valence-corrected chi connectivity index (χ1v) is 7.73. The van der Waals surface area contributed by atoms with Crippen molar-refractivity contribution in [2.24, 2.45) is 0 Å². The zero-order valence-corrected chi connectivity index (χ0v) is 13.7. The summed E-state index contributed by atoms with van der Waals surface area (Å²) in [5, 5.41) is 4.67. The molecule has 118 valence electrons. The monoisotopic (exact) mass is 329 g/mol. The highest BCUT2D eigenvalue weighted by Gasteiger charge is 2.20. The molecule has 0 unspecified atom stereocenters. The van der Waals surface area contributed by atoms with Gasteiger partial charge < -0.3 is 4.74 Å². The number of rotatable bonds is 4. The molecule has 0 spiro atoms. The fourth-order valence-electron chi connectivity index (χ4n) is 2.51. The average Bonchev–Trinajstić information content (AvgIpc) is 2.87. The summed E-state index contributed by atoms with van der Waals surface area (Å²) < 4.78 is 6.71. The summed E-state index contributed by atoms with van der Waals surface area (Å²) in [6, 6.07) is 11.5. The highest BCUT2D eigenvalue weighted by atomic mass is 35.5. The molecule has 6 heteroatoms. The van der Waals surface area contributed by atoms with Gasteiger partial charge in [0, 0.05) is 5.56 Å².